The zero-order chi connectivity index (χ0) is 14.7. The molecule has 1 aliphatic heterocycles. The van der Waals surface area contributed by atoms with Crippen LogP contribution >= 0.6 is 0 Å². The van der Waals surface area contributed by atoms with Gasteiger partial charge in [0, 0.05) is 23.7 Å². The quantitative estimate of drug-likeness (QED) is 0.881. The van der Waals surface area contributed by atoms with Crippen LogP contribution < -0.4 is 10.6 Å². The van der Waals surface area contributed by atoms with E-state index in [0.717, 1.165) is 12.1 Å². The molecule has 0 spiro atoms. The van der Waals surface area contributed by atoms with E-state index in [1.807, 2.05) is 12.1 Å². The first kappa shape index (κ1) is 15.0. The van der Waals surface area contributed by atoms with Crippen LogP contribution in [0.5, 0.6) is 0 Å². The van der Waals surface area contributed by atoms with Gasteiger partial charge in [0.25, 0.3) is 0 Å². The molecule has 3 unspecified atom stereocenters. The van der Waals surface area contributed by atoms with Crippen molar-refractivity contribution in [1.82, 2.24) is 10.6 Å². The lowest BCUT2D eigenvalue weighted by Gasteiger charge is -2.34. The second kappa shape index (κ2) is 6.89. The molecule has 1 saturated heterocycles. The molecule has 1 saturated carbocycles. The molecule has 1 aliphatic carbocycles. The largest absolute Gasteiger partial charge is 0.314 e. The van der Waals surface area contributed by atoms with E-state index in [2.05, 4.69) is 17.6 Å². The van der Waals surface area contributed by atoms with E-state index >= 15 is 0 Å². The number of benzene rings is 1. The molecule has 116 valence electrons. The number of hydrogen-bond acceptors (Lipinski definition) is 2. The molecule has 0 radical (unpaired) electrons. The standard InChI is InChI=1S/C18H27FN2/c1-13(14-7-2-3-9-16(14)19)21-18-11-6-8-15(18)17-10-4-5-12-20-17/h2-3,7,9,13,15,17-18,20-21H,4-6,8,10-12H2,1H3/t13-,15?,17?,18?/m1/s1. The predicted octanol–water partition coefficient (Wildman–Crippen LogP) is 3.79. The van der Waals surface area contributed by atoms with Crippen molar-refractivity contribution < 1.29 is 4.39 Å². The summed E-state index contributed by atoms with van der Waals surface area (Å²) in [5, 5.41) is 7.40. The number of rotatable bonds is 4. The molecule has 21 heavy (non-hydrogen) atoms. The highest BCUT2D eigenvalue weighted by Gasteiger charge is 2.34. The average molecular weight is 290 g/mol. The van der Waals surface area contributed by atoms with E-state index < -0.39 is 0 Å². The molecule has 1 heterocycles. The van der Waals surface area contributed by atoms with Crippen molar-refractivity contribution in [3.63, 3.8) is 0 Å². The van der Waals surface area contributed by atoms with Gasteiger partial charge < -0.3 is 10.6 Å². The summed E-state index contributed by atoms with van der Waals surface area (Å²) in [6, 6.07) is 8.40. The highest BCUT2D eigenvalue weighted by molar-refractivity contribution is 5.20. The van der Waals surface area contributed by atoms with E-state index in [0.29, 0.717) is 18.0 Å². The Morgan fingerprint density at radius 3 is 2.76 bits per heavy atom. The smallest absolute Gasteiger partial charge is 0.127 e. The minimum atomic E-state index is -0.0946. The Morgan fingerprint density at radius 1 is 1.14 bits per heavy atom. The SMILES string of the molecule is C[C@@H](NC1CCCC1C1CCCCN1)c1ccccc1F. The van der Waals surface area contributed by atoms with Crippen LogP contribution in [0.1, 0.15) is 57.1 Å². The Labute approximate surface area is 127 Å². The van der Waals surface area contributed by atoms with E-state index in [4.69, 9.17) is 0 Å². The van der Waals surface area contributed by atoms with Gasteiger partial charge in [0.15, 0.2) is 0 Å². The summed E-state index contributed by atoms with van der Waals surface area (Å²) < 4.78 is 13.9. The van der Waals surface area contributed by atoms with Crippen LogP contribution in [0.3, 0.4) is 0 Å². The zero-order valence-corrected chi connectivity index (χ0v) is 12.9. The Bertz CT molecular complexity index is 456. The van der Waals surface area contributed by atoms with Crippen LogP contribution in [0, 0.1) is 11.7 Å². The Balaban J connectivity index is 1.64. The maximum absolute atomic E-state index is 13.9. The predicted molar refractivity (Wildman–Crippen MR) is 84.7 cm³/mol. The Kier molecular flexibility index (Phi) is 4.91. The molecule has 2 fully saturated rings. The summed E-state index contributed by atoms with van der Waals surface area (Å²) in [5.74, 6) is 0.613. The molecule has 2 nitrogen and oxygen atoms in total. The van der Waals surface area contributed by atoms with Crippen LogP contribution in [0.25, 0.3) is 0 Å². The summed E-state index contributed by atoms with van der Waals surface area (Å²) in [7, 11) is 0. The van der Waals surface area contributed by atoms with Gasteiger partial charge in [-0.15, -0.1) is 0 Å². The zero-order valence-electron chi connectivity index (χ0n) is 12.9. The molecular formula is C18H27FN2. The molecule has 1 aromatic carbocycles. The molecule has 0 aromatic heterocycles. The number of hydrogen-bond donors (Lipinski definition) is 2. The van der Waals surface area contributed by atoms with Gasteiger partial charge in [0.05, 0.1) is 0 Å². The third kappa shape index (κ3) is 3.46. The van der Waals surface area contributed by atoms with Crippen LogP contribution in [0.2, 0.25) is 0 Å². The molecule has 3 heteroatoms. The fraction of sp³-hybridized carbons (Fsp3) is 0.667. The number of nitrogens with one attached hydrogen (secondary N) is 2. The molecule has 0 amide bonds. The summed E-state index contributed by atoms with van der Waals surface area (Å²) in [4.78, 5) is 0. The third-order valence-corrected chi connectivity index (χ3v) is 5.27. The van der Waals surface area contributed by atoms with Crippen molar-refractivity contribution in [2.45, 2.75) is 63.6 Å². The topological polar surface area (TPSA) is 24.1 Å². The van der Waals surface area contributed by atoms with Gasteiger partial charge >= 0.3 is 0 Å². The second-order valence-corrected chi connectivity index (χ2v) is 6.67. The lowest BCUT2D eigenvalue weighted by molar-refractivity contribution is 0.248. The first-order valence-corrected chi connectivity index (χ1v) is 8.49. The van der Waals surface area contributed by atoms with Crippen molar-refractivity contribution in [2.75, 3.05) is 6.54 Å². The van der Waals surface area contributed by atoms with Gasteiger partial charge in [0.2, 0.25) is 0 Å². The Morgan fingerprint density at radius 2 is 2.00 bits per heavy atom. The fourth-order valence-electron chi connectivity index (χ4n) is 4.16. The molecule has 2 aliphatic rings. The van der Waals surface area contributed by atoms with Crippen LogP contribution in [-0.4, -0.2) is 18.6 Å². The van der Waals surface area contributed by atoms with E-state index in [9.17, 15) is 4.39 Å². The maximum Gasteiger partial charge on any atom is 0.127 e. The van der Waals surface area contributed by atoms with Gasteiger partial charge in [-0.3, -0.25) is 0 Å². The molecule has 2 N–H and O–H groups in total. The van der Waals surface area contributed by atoms with Crippen molar-refractivity contribution in [3.8, 4) is 0 Å². The fourth-order valence-corrected chi connectivity index (χ4v) is 4.16. The third-order valence-electron chi connectivity index (χ3n) is 5.27. The number of piperidine rings is 1. The highest BCUT2D eigenvalue weighted by atomic mass is 19.1. The maximum atomic E-state index is 13.9. The van der Waals surface area contributed by atoms with Crippen molar-refractivity contribution in [1.29, 1.82) is 0 Å². The van der Waals surface area contributed by atoms with Crippen LogP contribution in [0.15, 0.2) is 24.3 Å². The summed E-state index contributed by atoms with van der Waals surface area (Å²) in [5.41, 5.74) is 0.791. The van der Waals surface area contributed by atoms with E-state index in [-0.39, 0.29) is 11.9 Å². The van der Waals surface area contributed by atoms with Crippen LogP contribution in [-0.2, 0) is 0 Å². The monoisotopic (exact) mass is 290 g/mol. The molecule has 3 rings (SSSR count). The number of halogens is 1. The minimum absolute atomic E-state index is 0.0837. The normalized spacial score (nSPS) is 31.2. The lowest BCUT2D eigenvalue weighted by atomic mass is 9.88. The first-order valence-electron chi connectivity index (χ1n) is 8.49. The molecule has 1 aromatic rings. The molecular weight excluding hydrogens is 263 g/mol. The molecule has 0 bridgehead atoms. The summed E-state index contributed by atoms with van der Waals surface area (Å²) in [6.45, 7) is 3.25. The van der Waals surface area contributed by atoms with Crippen molar-refractivity contribution in [2.24, 2.45) is 5.92 Å². The Hall–Kier alpha value is -0.930. The minimum Gasteiger partial charge on any atom is -0.314 e. The van der Waals surface area contributed by atoms with Gasteiger partial charge in [-0.05, 0) is 51.1 Å². The van der Waals surface area contributed by atoms with Gasteiger partial charge in [-0.25, -0.2) is 4.39 Å². The van der Waals surface area contributed by atoms with Crippen LogP contribution in [0.4, 0.5) is 4.39 Å². The first-order chi connectivity index (χ1) is 10.3. The summed E-state index contributed by atoms with van der Waals surface area (Å²) >= 11 is 0. The van der Waals surface area contributed by atoms with E-state index in [1.165, 1.54) is 38.5 Å². The summed E-state index contributed by atoms with van der Waals surface area (Å²) in [6.07, 6.45) is 7.79. The average Bonchev–Trinajstić information content (AvgIpc) is 2.96. The van der Waals surface area contributed by atoms with Crippen molar-refractivity contribution >= 4 is 0 Å². The van der Waals surface area contributed by atoms with Gasteiger partial charge in [0.1, 0.15) is 5.82 Å². The highest BCUT2D eigenvalue weighted by Crippen LogP contribution is 2.33. The molecule has 4 atom stereocenters. The van der Waals surface area contributed by atoms with Gasteiger partial charge in [-0.2, -0.15) is 0 Å². The lowest BCUT2D eigenvalue weighted by Crippen LogP contribution is -2.47. The van der Waals surface area contributed by atoms with Crippen molar-refractivity contribution in [3.05, 3.63) is 35.6 Å². The van der Waals surface area contributed by atoms with E-state index in [1.54, 1.807) is 12.1 Å². The van der Waals surface area contributed by atoms with Gasteiger partial charge in [-0.1, -0.05) is 31.0 Å². The second-order valence-electron chi connectivity index (χ2n) is 6.67.